The van der Waals surface area contributed by atoms with Crippen molar-refractivity contribution in [2.75, 3.05) is 7.11 Å². The molecule has 0 aromatic heterocycles. The maximum absolute atomic E-state index is 13.2. The Morgan fingerprint density at radius 2 is 1.74 bits per heavy atom. The zero-order chi connectivity index (χ0) is 26.8. The molecule has 5 nitrogen and oxygen atoms in total. The van der Waals surface area contributed by atoms with E-state index in [-0.39, 0.29) is 24.3 Å². The van der Waals surface area contributed by atoms with Crippen LogP contribution in [-0.4, -0.2) is 23.2 Å². The van der Waals surface area contributed by atoms with E-state index in [1.54, 1.807) is 36.4 Å². The van der Waals surface area contributed by atoms with E-state index in [0.717, 1.165) is 33.7 Å². The first-order valence-corrected chi connectivity index (χ1v) is 13.9. The van der Waals surface area contributed by atoms with Crippen molar-refractivity contribution >= 4 is 78.9 Å². The molecule has 5 rings (SSSR count). The predicted molar refractivity (Wildman–Crippen MR) is 157 cm³/mol. The van der Waals surface area contributed by atoms with Crippen LogP contribution in [0.5, 0.6) is 11.5 Å². The first-order valence-electron chi connectivity index (χ1n) is 11.5. The number of methoxy groups -OCH3 is 1. The quantitative estimate of drug-likeness (QED) is 0.192. The van der Waals surface area contributed by atoms with Gasteiger partial charge in [0, 0.05) is 20.1 Å². The van der Waals surface area contributed by atoms with Crippen molar-refractivity contribution in [3.63, 3.8) is 0 Å². The molecule has 0 unspecified atom stereocenters. The second kappa shape index (κ2) is 11.4. The Kier molecular flexibility index (Phi) is 8.00. The number of imide groups is 1. The molecule has 4 aromatic carbocycles. The van der Waals surface area contributed by atoms with Crippen molar-refractivity contribution in [2.24, 2.45) is 0 Å². The molecule has 0 N–H and O–H groups in total. The van der Waals surface area contributed by atoms with Crippen LogP contribution in [0.3, 0.4) is 0 Å². The highest BCUT2D eigenvalue weighted by Crippen LogP contribution is 2.39. The zero-order valence-electron chi connectivity index (χ0n) is 20.0. The van der Waals surface area contributed by atoms with E-state index in [0.29, 0.717) is 36.5 Å². The van der Waals surface area contributed by atoms with Crippen LogP contribution in [0.25, 0.3) is 16.8 Å². The van der Waals surface area contributed by atoms with Crippen LogP contribution < -0.4 is 9.47 Å². The fourth-order valence-electron chi connectivity index (χ4n) is 4.11. The Hall–Kier alpha value is -2.97. The molecular weight excluding hydrogens is 609 g/mol. The maximum Gasteiger partial charge on any atom is 0.293 e. The van der Waals surface area contributed by atoms with Crippen LogP contribution in [0.4, 0.5) is 4.79 Å². The molecule has 9 heteroatoms. The molecule has 1 aliphatic heterocycles. The molecule has 192 valence electrons. The number of nitrogens with zero attached hydrogens (tertiary/aromatic N) is 1. The number of carbonyl (C=O) groups excluding carboxylic acids is 2. The molecule has 0 bridgehead atoms. The van der Waals surface area contributed by atoms with Crippen LogP contribution in [0.15, 0.2) is 82.2 Å². The summed E-state index contributed by atoms with van der Waals surface area (Å²) >= 11 is 16.7. The summed E-state index contributed by atoms with van der Waals surface area (Å²) in [5.41, 5.74) is 2.37. The molecule has 0 radical (unpaired) electrons. The molecule has 0 spiro atoms. The lowest BCUT2D eigenvalue weighted by atomic mass is 10.0. The van der Waals surface area contributed by atoms with Crippen molar-refractivity contribution in [2.45, 2.75) is 13.2 Å². The third kappa shape index (κ3) is 5.57. The zero-order valence-corrected chi connectivity index (χ0v) is 24.0. The number of rotatable bonds is 7. The van der Waals surface area contributed by atoms with Crippen molar-refractivity contribution in [3.8, 4) is 11.5 Å². The molecule has 38 heavy (non-hydrogen) atoms. The van der Waals surface area contributed by atoms with Gasteiger partial charge in [0.1, 0.15) is 6.61 Å². The highest BCUT2D eigenvalue weighted by molar-refractivity contribution is 9.10. The van der Waals surface area contributed by atoms with E-state index in [4.69, 9.17) is 32.7 Å². The van der Waals surface area contributed by atoms with Gasteiger partial charge in [-0.05, 0) is 64.0 Å². The normalized spacial score (nSPS) is 14.5. The number of amides is 2. The molecule has 1 aliphatic rings. The van der Waals surface area contributed by atoms with E-state index in [1.165, 1.54) is 12.0 Å². The Morgan fingerprint density at radius 1 is 0.947 bits per heavy atom. The van der Waals surface area contributed by atoms with Crippen LogP contribution >= 0.6 is 50.9 Å². The van der Waals surface area contributed by atoms with E-state index in [2.05, 4.69) is 15.9 Å². The molecule has 1 fully saturated rings. The number of benzene rings is 4. The number of thioether (sulfide) groups is 1. The lowest BCUT2D eigenvalue weighted by Gasteiger charge is -2.15. The lowest BCUT2D eigenvalue weighted by molar-refractivity contribution is -0.123. The maximum atomic E-state index is 13.2. The van der Waals surface area contributed by atoms with Gasteiger partial charge in [0.05, 0.1) is 18.6 Å². The third-order valence-corrected chi connectivity index (χ3v) is 8.23. The number of carbonyl (C=O) groups is 2. The van der Waals surface area contributed by atoms with Crippen molar-refractivity contribution in [1.29, 1.82) is 0 Å². The van der Waals surface area contributed by atoms with Gasteiger partial charge in [-0.3, -0.25) is 14.5 Å². The lowest BCUT2D eigenvalue weighted by Crippen LogP contribution is -2.27. The minimum atomic E-state index is -0.337. The van der Waals surface area contributed by atoms with Crippen molar-refractivity contribution in [3.05, 3.63) is 109 Å². The Labute approximate surface area is 242 Å². The topological polar surface area (TPSA) is 55.8 Å². The van der Waals surface area contributed by atoms with Crippen LogP contribution in [0.2, 0.25) is 10.0 Å². The van der Waals surface area contributed by atoms with Crippen LogP contribution in [0, 0.1) is 0 Å². The van der Waals surface area contributed by atoms with Gasteiger partial charge in [0.2, 0.25) is 0 Å². The smallest absolute Gasteiger partial charge is 0.293 e. The molecule has 0 aliphatic carbocycles. The summed E-state index contributed by atoms with van der Waals surface area (Å²) in [6.07, 6.45) is 1.68. The Bertz CT molecular complexity index is 1600. The van der Waals surface area contributed by atoms with Crippen LogP contribution in [-0.2, 0) is 17.9 Å². The van der Waals surface area contributed by atoms with E-state index >= 15 is 0 Å². The van der Waals surface area contributed by atoms with Gasteiger partial charge in [-0.15, -0.1) is 0 Å². The summed E-state index contributed by atoms with van der Waals surface area (Å²) in [6.45, 7) is 0.416. The standard InChI is InChI=1S/C29H20BrCl2NO4S/c1-36-25-11-20(23(30)14-26(25)37-16-19-9-10-21(31)13-24(19)32)12-27-28(34)33(29(35)38-27)15-18-7-4-6-17-5-2-3-8-22(17)18/h2-14H,15-16H2,1H3/b27-12+. The van der Waals surface area contributed by atoms with Gasteiger partial charge in [-0.1, -0.05) is 87.7 Å². The SMILES string of the molecule is COc1cc(/C=C2/SC(=O)N(Cc3cccc4ccccc34)C2=O)c(Br)cc1OCc1ccc(Cl)cc1Cl. The summed E-state index contributed by atoms with van der Waals surface area (Å²) in [5.74, 6) is 0.627. The highest BCUT2D eigenvalue weighted by atomic mass is 79.9. The predicted octanol–water partition coefficient (Wildman–Crippen LogP) is 8.73. The first kappa shape index (κ1) is 26.6. The van der Waals surface area contributed by atoms with E-state index in [1.807, 2.05) is 42.5 Å². The summed E-state index contributed by atoms with van der Waals surface area (Å²) < 4.78 is 12.2. The van der Waals surface area contributed by atoms with Gasteiger partial charge >= 0.3 is 0 Å². The second-order valence-corrected chi connectivity index (χ2v) is 11.1. The Morgan fingerprint density at radius 3 is 2.53 bits per heavy atom. The molecule has 1 heterocycles. The third-order valence-electron chi connectivity index (χ3n) is 6.05. The number of halogens is 3. The van der Waals surface area contributed by atoms with Gasteiger partial charge in [-0.25, -0.2) is 0 Å². The fraction of sp³-hybridized carbons (Fsp3) is 0.103. The molecule has 0 atom stereocenters. The minimum absolute atomic E-state index is 0.202. The van der Waals surface area contributed by atoms with Crippen molar-refractivity contribution in [1.82, 2.24) is 4.90 Å². The highest BCUT2D eigenvalue weighted by Gasteiger charge is 2.35. The molecule has 0 saturated carbocycles. The average Bonchev–Trinajstić information content (AvgIpc) is 3.17. The van der Waals surface area contributed by atoms with Crippen LogP contribution in [0.1, 0.15) is 16.7 Å². The molecular formula is C29H20BrCl2NO4S. The summed E-state index contributed by atoms with van der Waals surface area (Å²) in [4.78, 5) is 27.6. The number of hydrogen-bond acceptors (Lipinski definition) is 5. The average molecular weight is 629 g/mol. The van der Waals surface area contributed by atoms with E-state index in [9.17, 15) is 9.59 Å². The largest absolute Gasteiger partial charge is 0.493 e. The summed E-state index contributed by atoms with van der Waals surface area (Å²) in [7, 11) is 1.53. The molecule has 4 aromatic rings. The van der Waals surface area contributed by atoms with Crippen molar-refractivity contribution < 1.29 is 19.1 Å². The van der Waals surface area contributed by atoms with Gasteiger partial charge in [0.15, 0.2) is 11.5 Å². The number of fused-ring (bicyclic) bond motifs is 1. The van der Waals surface area contributed by atoms with Gasteiger partial charge in [0.25, 0.3) is 11.1 Å². The van der Waals surface area contributed by atoms with Gasteiger partial charge < -0.3 is 9.47 Å². The fourth-order valence-corrected chi connectivity index (χ4v) is 5.84. The number of hydrogen-bond donors (Lipinski definition) is 0. The van der Waals surface area contributed by atoms with Gasteiger partial charge in [-0.2, -0.15) is 0 Å². The Balaban J connectivity index is 1.37. The molecule has 2 amide bonds. The monoisotopic (exact) mass is 627 g/mol. The molecule has 1 saturated heterocycles. The summed E-state index contributed by atoms with van der Waals surface area (Å²) in [5, 5.41) is 2.82. The second-order valence-electron chi connectivity index (χ2n) is 8.46. The first-order chi connectivity index (χ1) is 18.3. The summed E-state index contributed by atoms with van der Waals surface area (Å²) in [6, 6.07) is 22.5. The number of ether oxygens (including phenoxy) is 2. The van der Waals surface area contributed by atoms with E-state index < -0.39 is 0 Å². The minimum Gasteiger partial charge on any atom is -0.493 e.